The Bertz CT molecular complexity index is 1100. The fraction of sp³-hybridized carbons (Fsp3) is 0.500. The molecule has 158 valence electrons. The van der Waals surface area contributed by atoms with Crippen molar-refractivity contribution in [3.8, 4) is 22.8 Å². The number of benzene rings is 1. The van der Waals surface area contributed by atoms with Crippen LogP contribution in [-0.4, -0.2) is 36.8 Å². The first kappa shape index (κ1) is 19.4. The van der Waals surface area contributed by atoms with Crippen molar-refractivity contribution in [2.75, 3.05) is 26.4 Å². The Balaban J connectivity index is 1.66. The van der Waals surface area contributed by atoms with Gasteiger partial charge in [0, 0.05) is 23.9 Å². The fourth-order valence-corrected chi connectivity index (χ4v) is 4.61. The van der Waals surface area contributed by atoms with Gasteiger partial charge in [0.2, 0.25) is 0 Å². The number of carbonyl (C=O) groups excluding carboxylic acids is 1. The number of hydrogen-bond acceptors (Lipinski definition) is 5. The summed E-state index contributed by atoms with van der Waals surface area (Å²) in [5.41, 5.74) is 2.78. The minimum atomic E-state index is -0.244. The lowest BCUT2D eigenvalue weighted by Gasteiger charge is -2.39. The number of Topliss-reactive ketones (excluding diaryl/α,β-unsaturated/α-hetero) is 1. The molecule has 1 aromatic carbocycles. The third-order valence-corrected chi connectivity index (χ3v) is 6.54. The van der Waals surface area contributed by atoms with Gasteiger partial charge in [-0.05, 0) is 36.5 Å². The van der Waals surface area contributed by atoms with E-state index in [-0.39, 0.29) is 33.6 Å². The minimum absolute atomic E-state index is 0.0625. The zero-order chi connectivity index (χ0) is 21.3. The first-order valence-corrected chi connectivity index (χ1v) is 10.4. The summed E-state index contributed by atoms with van der Waals surface area (Å²) in [7, 11) is 0. The van der Waals surface area contributed by atoms with Gasteiger partial charge < -0.3 is 18.8 Å². The van der Waals surface area contributed by atoms with Crippen LogP contribution >= 0.6 is 0 Å². The molecular weight excluding hydrogens is 382 g/mol. The van der Waals surface area contributed by atoms with Gasteiger partial charge in [-0.15, -0.1) is 0 Å². The zero-order valence-electron chi connectivity index (χ0n) is 17.9. The van der Waals surface area contributed by atoms with Gasteiger partial charge in [0.05, 0.1) is 29.9 Å². The van der Waals surface area contributed by atoms with Crippen LogP contribution in [0.4, 0.5) is 0 Å². The molecule has 1 atom stereocenters. The molecule has 0 N–H and O–H groups in total. The second kappa shape index (κ2) is 6.45. The molecule has 0 bridgehead atoms. The average molecular weight is 409 g/mol. The molecule has 3 aliphatic heterocycles. The van der Waals surface area contributed by atoms with Crippen LogP contribution in [0.1, 0.15) is 49.7 Å². The van der Waals surface area contributed by atoms with Crippen LogP contribution in [0.15, 0.2) is 29.2 Å². The van der Waals surface area contributed by atoms with E-state index in [9.17, 15) is 9.59 Å². The SMILES string of the molecule is CC(=O)c1cn2c(cc1=O)-c1cc3c(cc1CC2C(C)(C)C)OCC1(COC1)CO3. The lowest BCUT2D eigenvalue weighted by atomic mass is 9.78. The molecule has 1 aromatic heterocycles. The second-order valence-corrected chi connectivity index (χ2v) is 10.0. The molecule has 5 rings (SSSR count). The van der Waals surface area contributed by atoms with Crippen LogP contribution in [0.2, 0.25) is 0 Å². The fourth-order valence-electron chi connectivity index (χ4n) is 4.61. The van der Waals surface area contributed by atoms with Gasteiger partial charge in [-0.1, -0.05) is 20.8 Å². The van der Waals surface area contributed by atoms with Gasteiger partial charge in [-0.3, -0.25) is 9.59 Å². The van der Waals surface area contributed by atoms with E-state index < -0.39 is 0 Å². The van der Waals surface area contributed by atoms with Crippen LogP contribution in [0, 0.1) is 10.8 Å². The number of rotatable bonds is 1. The maximum atomic E-state index is 12.7. The van der Waals surface area contributed by atoms with Gasteiger partial charge in [0.25, 0.3) is 0 Å². The van der Waals surface area contributed by atoms with Crippen molar-refractivity contribution in [3.63, 3.8) is 0 Å². The van der Waals surface area contributed by atoms with Crippen LogP contribution in [-0.2, 0) is 11.2 Å². The van der Waals surface area contributed by atoms with Gasteiger partial charge >= 0.3 is 0 Å². The van der Waals surface area contributed by atoms with E-state index in [1.54, 1.807) is 12.3 Å². The zero-order valence-corrected chi connectivity index (χ0v) is 17.9. The van der Waals surface area contributed by atoms with E-state index in [1.165, 1.54) is 6.92 Å². The van der Waals surface area contributed by atoms with Crippen molar-refractivity contribution in [2.24, 2.45) is 10.8 Å². The molecule has 6 heteroatoms. The molecule has 1 saturated heterocycles. The molecule has 0 saturated carbocycles. The molecule has 4 heterocycles. The minimum Gasteiger partial charge on any atom is -0.489 e. The summed E-state index contributed by atoms with van der Waals surface area (Å²) >= 11 is 0. The smallest absolute Gasteiger partial charge is 0.192 e. The van der Waals surface area contributed by atoms with Gasteiger partial charge in [-0.2, -0.15) is 0 Å². The number of pyridine rings is 1. The summed E-state index contributed by atoms with van der Waals surface area (Å²) in [5.74, 6) is 1.24. The molecule has 6 nitrogen and oxygen atoms in total. The Morgan fingerprint density at radius 1 is 1.07 bits per heavy atom. The van der Waals surface area contributed by atoms with E-state index in [4.69, 9.17) is 14.2 Å². The highest BCUT2D eigenvalue weighted by Crippen LogP contribution is 2.47. The van der Waals surface area contributed by atoms with E-state index >= 15 is 0 Å². The monoisotopic (exact) mass is 409 g/mol. The van der Waals surface area contributed by atoms with Crippen LogP contribution in [0.25, 0.3) is 11.3 Å². The van der Waals surface area contributed by atoms with E-state index in [1.807, 2.05) is 6.07 Å². The highest BCUT2D eigenvalue weighted by atomic mass is 16.6. The van der Waals surface area contributed by atoms with E-state index in [0.29, 0.717) is 32.2 Å². The summed E-state index contributed by atoms with van der Waals surface area (Å²) in [5, 5.41) is 0. The number of fused-ring (bicyclic) bond motifs is 4. The second-order valence-electron chi connectivity index (χ2n) is 10.0. The first-order valence-electron chi connectivity index (χ1n) is 10.4. The highest BCUT2D eigenvalue weighted by molar-refractivity contribution is 5.94. The van der Waals surface area contributed by atoms with Crippen molar-refractivity contribution in [3.05, 3.63) is 45.7 Å². The molecule has 1 unspecified atom stereocenters. The molecule has 30 heavy (non-hydrogen) atoms. The summed E-state index contributed by atoms with van der Waals surface area (Å²) in [6.45, 7) is 10.4. The Morgan fingerprint density at radius 3 is 2.30 bits per heavy atom. The van der Waals surface area contributed by atoms with Gasteiger partial charge in [0.15, 0.2) is 22.7 Å². The van der Waals surface area contributed by atoms with Crippen molar-refractivity contribution in [1.82, 2.24) is 4.57 Å². The third-order valence-electron chi connectivity index (χ3n) is 6.54. The molecule has 0 aliphatic carbocycles. The number of aromatic nitrogens is 1. The maximum Gasteiger partial charge on any atom is 0.192 e. The first-order chi connectivity index (χ1) is 14.2. The highest BCUT2D eigenvalue weighted by Gasteiger charge is 2.43. The summed E-state index contributed by atoms with van der Waals surface area (Å²) in [6, 6.07) is 5.75. The molecule has 0 radical (unpaired) electrons. The van der Waals surface area contributed by atoms with E-state index in [0.717, 1.165) is 29.0 Å². The Hall–Kier alpha value is -2.60. The Kier molecular flexibility index (Phi) is 4.16. The van der Waals surface area contributed by atoms with Crippen molar-refractivity contribution in [1.29, 1.82) is 0 Å². The van der Waals surface area contributed by atoms with E-state index in [2.05, 4.69) is 31.4 Å². The molecule has 1 spiro atoms. The molecule has 3 aliphatic rings. The van der Waals surface area contributed by atoms with Crippen molar-refractivity contribution < 1.29 is 19.0 Å². The standard InChI is InChI=1S/C24H27NO5/c1-14(26)17-9-25-18(8-19(17)27)16-7-21-20(5-15(16)6-22(25)23(2,3)4)29-12-24(13-30-21)10-28-11-24/h5,7-9,22H,6,10-13H2,1-4H3. The van der Waals surface area contributed by atoms with Crippen molar-refractivity contribution >= 4 is 5.78 Å². The number of ether oxygens (including phenoxy) is 3. The average Bonchev–Trinajstić information content (AvgIpc) is 2.84. The molecule has 2 aromatic rings. The summed E-state index contributed by atoms with van der Waals surface area (Å²) in [6.07, 6.45) is 2.53. The Morgan fingerprint density at radius 2 is 1.73 bits per heavy atom. The van der Waals surface area contributed by atoms with Gasteiger partial charge in [-0.25, -0.2) is 0 Å². The quantitative estimate of drug-likeness (QED) is 0.673. The molecular formula is C24H27NO5. The number of hydrogen-bond donors (Lipinski definition) is 0. The normalized spacial score (nSPS) is 21.3. The molecule has 1 fully saturated rings. The predicted molar refractivity (Wildman–Crippen MR) is 113 cm³/mol. The van der Waals surface area contributed by atoms with Crippen LogP contribution in [0.3, 0.4) is 0 Å². The largest absolute Gasteiger partial charge is 0.489 e. The van der Waals surface area contributed by atoms with Gasteiger partial charge in [0.1, 0.15) is 13.2 Å². The van der Waals surface area contributed by atoms with Crippen LogP contribution in [0.5, 0.6) is 11.5 Å². The Labute approximate surface area is 175 Å². The third kappa shape index (κ3) is 2.97. The summed E-state index contributed by atoms with van der Waals surface area (Å²) in [4.78, 5) is 24.7. The maximum absolute atomic E-state index is 12.7. The topological polar surface area (TPSA) is 66.8 Å². The number of nitrogens with zero attached hydrogens (tertiary/aromatic N) is 1. The lowest BCUT2D eigenvalue weighted by Crippen LogP contribution is -2.50. The number of ketones is 1. The summed E-state index contributed by atoms with van der Waals surface area (Å²) < 4.78 is 19.8. The molecule has 0 amide bonds. The predicted octanol–water partition coefficient (Wildman–Crippen LogP) is 3.65. The lowest BCUT2D eigenvalue weighted by molar-refractivity contribution is -0.143. The number of carbonyl (C=O) groups is 1. The van der Waals surface area contributed by atoms with Crippen molar-refractivity contribution in [2.45, 2.75) is 40.2 Å². The van der Waals surface area contributed by atoms with Crippen LogP contribution < -0.4 is 14.9 Å².